The van der Waals surface area contributed by atoms with E-state index < -0.39 is 12.0 Å². The molecule has 122 valence electrons. The number of carboxylic acid groups (broad SMARTS) is 1. The number of rotatable bonds is 14. The zero-order valence-electron chi connectivity index (χ0n) is 13.1. The van der Waals surface area contributed by atoms with E-state index in [0.717, 1.165) is 31.4 Å². The van der Waals surface area contributed by atoms with Gasteiger partial charge in [-0.2, -0.15) is 11.8 Å². The predicted molar refractivity (Wildman–Crippen MR) is 89.7 cm³/mol. The molecule has 0 aromatic rings. The molecule has 0 saturated carbocycles. The van der Waals surface area contributed by atoms with Gasteiger partial charge in [-0.25, -0.2) is 4.79 Å². The van der Waals surface area contributed by atoms with E-state index in [9.17, 15) is 9.59 Å². The highest BCUT2D eigenvalue weighted by atomic mass is 32.2. The molecular formula is C16H29NO3S. The molecule has 1 atom stereocenters. The van der Waals surface area contributed by atoms with Crippen molar-refractivity contribution in [1.82, 2.24) is 5.32 Å². The lowest BCUT2D eigenvalue weighted by atomic mass is 10.1. The second-order valence-electron chi connectivity index (χ2n) is 5.19. The van der Waals surface area contributed by atoms with Gasteiger partial charge in [0.25, 0.3) is 0 Å². The summed E-state index contributed by atoms with van der Waals surface area (Å²) in [7, 11) is 0. The molecule has 0 radical (unpaired) electrons. The van der Waals surface area contributed by atoms with E-state index in [4.69, 9.17) is 5.11 Å². The smallest absolute Gasteiger partial charge is 0.326 e. The Balaban J connectivity index is 3.63. The lowest BCUT2D eigenvalue weighted by Crippen LogP contribution is -2.41. The highest BCUT2D eigenvalue weighted by Crippen LogP contribution is 2.09. The normalized spacial score (nSPS) is 11.9. The van der Waals surface area contributed by atoms with E-state index in [0.29, 0.717) is 12.8 Å². The Hall–Kier alpha value is -0.970. The van der Waals surface area contributed by atoms with Gasteiger partial charge in [0.15, 0.2) is 0 Å². The number of nitrogens with one attached hydrogen (secondary N) is 1. The largest absolute Gasteiger partial charge is 0.480 e. The first-order valence-corrected chi connectivity index (χ1v) is 9.13. The van der Waals surface area contributed by atoms with Gasteiger partial charge in [-0.05, 0) is 37.7 Å². The van der Waals surface area contributed by atoms with E-state index in [1.54, 1.807) is 11.8 Å². The van der Waals surface area contributed by atoms with Crippen LogP contribution in [-0.4, -0.2) is 35.0 Å². The van der Waals surface area contributed by atoms with Crippen molar-refractivity contribution in [2.75, 3.05) is 12.0 Å². The second-order valence-corrected chi connectivity index (χ2v) is 6.17. The molecule has 0 fully saturated rings. The van der Waals surface area contributed by atoms with Gasteiger partial charge >= 0.3 is 5.97 Å². The van der Waals surface area contributed by atoms with Crippen molar-refractivity contribution in [3.63, 3.8) is 0 Å². The van der Waals surface area contributed by atoms with Crippen molar-refractivity contribution < 1.29 is 14.7 Å². The number of amides is 1. The summed E-state index contributed by atoms with van der Waals surface area (Å²) in [5, 5.41) is 11.6. The number of allylic oxidation sites excluding steroid dienone is 1. The average molecular weight is 315 g/mol. The van der Waals surface area contributed by atoms with Crippen LogP contribution in [0.15, 0.2) is 12.7 Å². The number of carbonyl (C=O) groups is 2. The highest BCUT2D eigenvalue weighted by molar-refractivity contribution is 7.98. The summed E-state index contributed by atoms with van der Waals surface area (Å²) >= 11 is 1.59. The molecule has 0 saturated heterocycles. The Morgan fingerprint density at radius 1 is 1.19 bits per heavy atom. The third-order valence-corrected chi connectivity index (χ3v) is 3.95. The lowest BCUT2D eigenvalue weighted by molar-refractivity contribution is -0.141. The van der Waals surface area contributed by atoms with Gasteiger partial charge in [0.2, 0.25) is 5.91 Å². The molecule has 4 nitrogen and oxygen atoms in total. The molecule has 0 unspecified atom stereocenters. The Labute approximate surface area is 132 Å². The standard InChI is InChI=1S/C16H29NO3S/c1-3-4-5-6-7-8-9-10-11-15(18)17-14(16(19)20)12-13-21-2/h3,14H,1,4-13H2,2H3,(H,17,18)(H,19,20)/t14-/m0/s1. The predicted octanol–water partition coefficient (Wildman–Crippen LogP) is 3.62. The fraction of sp³-hybridized carbons (Fsp3) is 0.750. The Bertz CT molecular complexity index is 308. The van der Waals surface area contributed by atoms with Crippen molar-refractivity contribution in [3.8, 4) is 0 Å². The number of carbonyl (C=O) groups excluding carboxylic acids is 1. The van der Waals surface area contributed by atoms with Crippen LogP contribution in [0.5, 0.6) is 0 Å². The maximum atomic E-state index is 11.7. The number of carboxylic acids is 1. The van der Waals surface area contributed by atoms with E-state index in [2.05, 4.69) is 11.9 Å². The first-order chi connectivity index (χ1) is 10.1. The molecule has 0 aromatic heterocycles. The minimum Gasteiger partial charge on any atom is -0.480 e. The van der Waals surface area contributed by atoms with Crippen LogP contribution in [0.4, 0.5) is 0 Å². The Kier molecular flexibility index (Phi) is 13.3. The molecule has 0 heterocycles. The summed E-state index contributed by atoms with van der Waals surface area (Å²) < 4.78 is 0. The number of aliphatic carboxylic acids is 1. The molecule has 2 N–H and O–H groups in total. The summed E-state index contributed by atoms with van der Waals surface area (Å²) in [6.07, 6.45) is 12.5. The molecule has 0 rings (SSSR count). The number of thioether (sulfide) groups is 1. The summed E-state index contributed by atoms with van der Waals surface area (Å²) in [4.78, 5) is 22.7. The fourth-order valence-corrected chi connectivity index (χ4v) is 2.51. The van der Waals surface area contributed by atoms with Gasteiger partial charge in [-0.3, -0.25) is 4.79 Å². The van der Waals surface area contributed by atoms with Gasteiger partial charge < -0.3 is 10.4 Å². The van der Waals surface area contributed by atoms with E-state index in [1.165, 1.54) is 19.3 Å². The minimum absolute atomic E-state index is 0.143. The lowest BCUT2D eigenvalue weighted by Gasteiger charge is -2.13. The SMILES string of the molecule is C=CCCCCCCCCC(=O)N[C@@H](CCSC)C(=O)O. The first-order valence-electron chi connectivity index (χ1n) is 7.73. The van der Waals surface area contributed by atoms with Crippen LogP contribution < -0.4 is 5.32 Å². The third-order valence-electron chi connectivity index (χ3n) is 3.31. The highest BCUT2D eigenvalue weighted by Gasteiger charge is 2.18. The summed E-state index contributed by atoms with van der Waals surface area (Å²) in [6, 6.07) is -0.746. The van der Waals surface area contributed by atoms with Crippen LogP contribution >= 0.6 is 11.8 Å². The van der Waals surface area contributed by atoms with E-state index >= 15 is 0 Å². The Morgan fingerprint density at radius 2 is 1.81 bits per heavy atom. The van der Waals surface area contributed by atoms with E-state index in [-0.39, 0.29) is 5.91 Å². The van der Waals surface area contributed by atoms with Gasteiger partial charge in [-0.1, -0.05) is 31.8 Å². The van der Waals surface area contributed by atoms with Crippen LogP contribution in [0.25, 0.3) is 0 Å². The third kappa shape index (κ3) is 12.5. The monoisotopic (exact) mass is 315 g/mol. The average Bonchev–Trinajstić information content (AvgIpc) is 2.46. The summed E-state index contributed by atoms with van der Waals surface area (Å²) in [5.41, 5.74) is 0. The Morgan fingerprint density at radius 3 is 2.38 bits per heavy atom. The van der Waals surface area contributed by atoms with Gasteiger partial charge in [-0.15, -0.1) is 6.58 Å². The van der Waals surface area contributed by atoms with Crippen LogP contribution in [0, 0.1) is 0 Å². The molecule has 0 spiro atoms. The van der Waals surface area contributed by atoms with Crippen molar-refractivity contribution in [2.24, 2.45) is 0 Å². The molecular weight excluding hydrogens is 286 g/mol. The molecule has 0 bridgehead atoms. The molecule has 0 aliphatic heterocycles. The number of unbranched alkanes of at least 4 members (excludes halogenated alkanes) is 6. The van der Waals surface area contributed by atoms with E-state index in [1.807, 2.05) is 12.3 Å². The maximum Gasteiger partial charge on any atom is 0.326 e. The zero-order chi connectivity index (χ0) is 15.9. The molecule has 0 aliphatic carbocycles. The van der Waals surface area contributed by atoms with Crippen molar-refractivity contribution in [2.45, 2.75) is 63.8 Å². The van der Waals surface area contributed by atoms with Gasteiger partial charge in [0, 0.05) is 6.42 Å². The van der Waals surface area contributed by atoms with Crippen LogP contribution in [0.1, 0.15) is 57.8 Å². The quantitative estimate of drug-likeness (QED) is 0.379. The molecule has 1 amide bonds. The fourth-order valence-electron chi connectivity index (χ4n) is 2.04. The number of hydrogen-bond donors (Lipinski definition) is 2. The van der Waals surface area contributed by atoms with Crippen LogP contribution in [-0.2, 0) is 9.59 Å². The molecule has 0 aliphatic rings. The molecule has 5 heteroatoms. The first kappa shape index (κ1) is 20.0. The second kappa shape index (κ2) is 14.0. The number of hydrogen-bond acceptors (Lipinski definition) is 3. The summed E-state index contributed by atoms with van der Waals surface area (Å²) in [5.74, 6) is -0.350. The van der Waals surface area contributed by atoms with Crippen LogP contribution in [0.2, 0.25) is 0 Å². The van der Waals surface area contributed by atoms with Crippen molar-refractivity contribution in [3.05, 3.63) is 12.7 Å². The van der Waals surface area contributed by atoms with Crippen molar-refractivity contribution in [1.29, 1.82) is 0 Å². The molecule has 0 aromatic carbocycles. The van der Waals surface area contributed by atoms with Crippen molar-refractivity contribution >= 4 is 23.6 Å². The zero-order valence-corrected chi connectivity index (χ0v) is 13.9. The topological polar surface area (TPSA) is 66.4 Å². The molecule has 21 heavy (non-hydrogen) atoms. The van der Waals surface area contributed by atoms with Gasteiger partial charge in [0.1, 0.15) is 6.04 Å². The minimum atomic E-state index is -0.945. The maximum absolute atomic E-state index is 11.7. The summed E-state index contributed by atoms with van der Waals surface area (Å²) in [6.45, 7) is 3.69. The van der Waals surface area contributed by atoms with Gasteiger partial charge in [0.05, 0.1) is 0 Å². The van der Waals surface area contributed by atoms with Crippen LogP contribution in [0.3, 0.4) is 0 Å².